The summed E-state index contributed by atoms with van der Waals surface area (Å²) in [5, 5.41) is 11.3. The Morgan fingerprint density at radius 1 is 0.948 bits per heavy atom. The summed E-state index contributed by atoms with van der Waals surface area (Å²) in [5.41, 5.74) is 3.83. The van der Waals surface area contributed by atoms with Gasteiger partial charge in [-0.05, 0) is 118 Å². The third kappa shape index (κ3) is 9.22. The van der Waals surface area contributed by atoms with Crippen molar-refractivity contribution in [2.24, 2.45) is 0 Å². The molecule has 3 aromatic carbocycles. The van der Waals surface area contributed by atoms with Gasteiger partial charge in [-0.2, -0.15) is 0 Å². The predicted molar refractivity (Wildman–Crippen MR) is 225 cm³/mol. The summed E-state index contributed by atoms with van der Waals surface area (Å²) in [6.45, 7) is 7.60. The van der Waals surface area contributed by atoms with Crippen molar-refractivity contribution in [2.75, 3.05) is 48.5 Å². The van der Waals surface area contributed by atoms with Gasteiger partial charge in [0, 0.05) is 42.9 Å². The summed E-state index contributed by atoms with van der Waals surface area (Å²) in [6.07, 6.45) is 18.5. The molecule has 3 aromatic rings. The van der Waals surface area contributed by atoms with Gasteiger partial charge in [0.15, 0.2) is 32.8 Å². The molecule has 3 aliphatic rings. The Labute approximate surface area is 341 Å². The number of benzene rings is 3. The van der Waals surface area contributed by atoms with Crippen molar-refractivity contribution in [2.45, 2.75) is 55.3 Å². The van der Waals surface area contributed by atoms with Crippen LogP contribution in [0.2, 0.25) is 0 Å². The molecule has 306 valence electrons. The molecule has 58 heavy (non-hydrogen) atoms. The Kier molecular flexibility index (Phi) is 13.3. The molecule has 4 bridgehead atoms. The van der Waals surface area contributed by atoms with E-state index in [1.165, 1.54) is 31.4 Å². The number of hydrogen-bond acceptors (Lipinski definition) is 11. The Bertz CT molecular complexity index is 2310. The lowest BCUT2D eigenvalue weighted by atomic mass is 9.86. The average molecular weight is 810 g/mol. The minimum Gasteiger partial charge on any atom is -0.493 e. The number of likely N-dealkylation sites (N-methyl/N-ethyl adjacent to an activating group) is 2. The van der Waals surface area contributed by atoms with Crippen molar-refractivity contribution in [3.05, 3.63) is 147 Å². The first-order valence-corrected chi connectivity index (χ1v) is 20.8. The third-order valence-electron chi connectivity index (χ3n) is 10.9. The van der Waals surface area contributed by atoms with Crippen molar-refractivity contribution >= 4 is 15.5 Å². The fraction of sp³-hybridized carbons (Fsp3) is 0.333. The topological polar surface area (TPSA) is 130 Å². The number of methoxy groups -OCH3 is 3. The molecule has 2 atom stereocenters. The first kappa shape index (κ1) is 42.0. The summed E-state index contributed by atoms with van der Waals surface area (Å²) < 4.78 is 59.4. The van der Waals surface area contributed by atoms with Crippen LogP contribution in [0.4, 0.5) is 5.69 Å². The second-order valence-electron chi connectivity index (χ2n) is 14.5. The summed E-state index contributed by atoms with van der Waals surface area (Å²) in [6, 6.07) is 10.2. The van der Waals surface area contributed by atoms with Gasteiger partial charge in [-0.1, -0.05) is 37.0 Å². The highest BCUT2D eigenvalue weighted by Gasteiger charge is 2.34. The lowest BCUT2D eigenvalue weighted by Crippen LogP contribution is -2.34. The van der Waals surface area contributed by atoms with E-state index in [2.05, 4.69) is 47.7 Å². The third-order valence-corrected chi connectivity index (χ3v) is 12.5. The maximum atomic E-state index is 14.0. The molecular weight excluding hydrogens is 759 g/mol. The second-order valence-corrected chi connectivity index (χ2v) is 16.5. The molecule has 0 saturated carbocycles. The van der Waals surface area contributed by atoms with Gasteiger partial charge in [0.25, 0.3) is 5.69 Å². The highest BCUT2D eigenvalue weighted by molar-refractivity contribution is 7.90. The van der Waals surface area contributed by atoms with Gasteiger partial charge >= 0.3 is 0 Å². The zero-order valence-electron chi connectivity index (χ0n) is 33.9. The van der Waals surface area contributed by atoms with Crippen LogP contribution in [0.3, 0.4) is 0 Å². The van der Waals surface area contributed by atoms with Crippen LogP contribution in [0.5, 0.6) is 28.7 Å². The van der Waals surface area contributed by atoms with E-state index in [9.17, 15) is 18.5 Å². The van der Waals surface area contributed by atoms with E-state index in [4.69, 9.17) is 23.7 Å². The minimum absolute atomic E-state index is 0.0361. The van der Waals surface area contributed by atoms with Crippen LogP contribution >= 0.6 is 0 Å². The van der Waals surface area contributed by atoms with Crippen molar-refractivity contribution in [1.29, 1.82) is 0 Å². The summed E-state index contributed by atoms with van der Waals surface area (Å²) >= 11 is 0. The molecule has 0 N–H and O–H groups in total. The van der Waals surface area contributed by atoms with Crippen molar-refractivity contribution in [3.8, 4) is 28.7 Å². The van der Waals surface area contributed by atoms with Crippen LogP contribution in [-0.2, 0) is 28.4 Å². The van der Waals surface area contributed by atoms with E-state index in [0.717, 1.165) is 29.7 Å². The van der Waals surface area contributed by atoms with Crippen molar-refractivity contribution in [1.82, 2.24) is 9.80 Å². The van der Waals surface area contributed by atoms with Gasteiger partial charge in [-0.3, -0.25) is 19.9 Å². The van der Waals surface area contributed by atoms with Gasteiger partial charge in [-0.25, -0.2) is 8.42 Å². The van der Waals surface area contributed by atoms with Gasteiger partial charge in [0.05, 0.1) is 36.9 Å². The first-order valence-electron chi connectivity index (χ1n) is 19.1. The standard InChI is InChI=1S/C45H51N3O9S/c1-8-36-15-10-9-14-34-18-21-39(30(2)13-11-12-23-46(34)3)57-45-43-31(26-42(54-6)44(45)55-7)22-24-47(4)38(43)25-32-27-41(56-36)40(53-5)28-33(32)29-58(51,52)37-19-16-35(17-20-37)48(49)50/h8-11,13,15-21,26-28,34,38H,1,12,14,22-25,29H2,2-7H3/b10-9+,13-11+,21-18+,36-15+,39-30+/t34-,38-/m0/s1. The van der Waals surface area contributed by atoms with E-state index in [-0.39, 0.29) is 22.7 Å². The van der Waals surface area contributed by atoms with Crippen molar-refractivity contribution < 1.29 is 37.0 Å². The Morgan fingerprint density at radius 2 is 1.71 bits per heavy atom. The predicted octanol–water partition coefficient (Wildman–Crippen LogP) is 8.24. The molecule has 12 nitrogen and oxygen atoms in total. The van der Waals surface area contributed by atoms with E-state index in [1.807, 2.05) is 44.3 Å². The normalized spacial score (nSPS) is 23.0. The molecule has 0 unspecified atom stereocenters. The van der Waals surface area contributed by atoms with Gasteiger partial charge in [-0.15, -0.1) is 0 Å². The van der Waals surface area contributed by atoms with E-state index in [0.29, 0.717) is 77.2 Å². The molecule has 13 heteroatoms. The number of nitro groups is 1. The Balaban J connectivity index is 1.59. The molecule has 0 aromatic heterocycles. The number of fused-ring (bicyclic) bond motifs is 4. The summed E-state index contributed by atoms with van der Waals surface area (Å²) in [7, 11) is 4.87. The monoisotopic (exact) mass is 809 g/mol. The molecule has 6 rings (SSSR count). The van der Waals surface area contributed by atoms with Crippen LogP contribution < -0.4 is 23.7 Å². The number of ether oxygens (including phenoxy) is 5. The van der Waals surface area contributed by atoms with E-state index < -0.39 is 20.5 Å². The van der Waals surface area contributed by atoms with E-state index in [1.54, 1.807) is 26.4 Å². The number of nitro benzene ring substituents is 1. The fourth-order valence-corrected chi connectivity index (χ4v) is 8.90. The van der Waals surface area contributed by atoms with Crippen LogP contribution in [0.1, 0.15) is 48.1 Å². The second kappa shape index (κ2) is 18.3. The maximum absolute atomic E-state index is 14.0. The van der Waals surface area contributed by atoms with Crippen molar-refractivity contribution in [3.63, 3.8) is 0 Å². The van der Waals surface area contributed by atoms with Crippen LogP contribution in [-0.4, -0.2) is 77.7 Å². The molecular formula is C45H51N3O9S. The molecule has 0 fully saturated rings. The number of rotatable bonds is 8. The summed E-state index contributed by atoms with van der Waals surface area (Å²) in [5.74, 6) is 2.95. The van der Waals surface area contributed by atoms with E-state index >= 15 is 0 Å². The quantitative estimate of drug-likeness (QED) is 0.161. The number of allylic oxidation sites excluding steroid dienone is 6. The lowest BCUT2D eigenvalue weighted by molar-refractivity contribution is -0.384. The minimum atomic E-state index is -3.99. The Morgan fingerprint density at radius 3 is 2.40 bits per heavy atom. The molecule has 0 radical (unpaired) electrons. The highest BCUT2D eigenvalue weighted by Crippen LogP contribution is 2.50. The average Bonchev–Trinajstić information content (AvgIpc) is 3.21. The largest absolute Gasteiger partial charge is 0.493 e. The molecule has 0 aliphatic carbocycles. The Hall–Kier alpha value is -5.63. The highest BCUT2D eigenvalue weighted by atomic mass is 32.2. The molecule has 0 amide bonds. The zero-order chi connectivity index (χ0) is 41.6. The fourth-order valence-electron chi connectivity index (χ4n) is 7.51. The van der Waals surface area contributed by atoms with Gasteiger partial charge in [0.1, 0.15) is 11.5 Å². The van der Waals surface area contributed by atoms with Crippen LogP contribution in [0.25, 0.3) is 0 Å². The van der Waals surface area contributed by atoms with Gasteiger partial charge < -0.3 is 23.7 Å². The number of sulfone groups is 1. The first-order chi connectivity index (χ1) is 27.9. The van der Waals surface area contributed by atoms with Crippen LogP contribution in [0.15, 0.2) is 120 Å². The zero-order valence-corrected chi connectivity index (χ0v) is 34.7. The molecule has 0 saturated heterocycles. The molecule has 0 spiro atoms. The SMILES string of the molecule is C=C/C1=C\C=C\C[C@H]2/C=C/C(=C(C)\C=C\CCN2C)Oc2c(OC)c(OC)cc3c2[C@H](Cc2cc(c(OC)cc2CS(=O)(=O)c2ccc([N+](=O)[O-])cc2)O1)N(C)CC3. The summed E-state index contributed by atoms with van der Waals surface area (Å²) in [4.78, 5) is 15.3. The number of hydrogen-bond donors (Lipinski definition) is 0. The number of nitrogens with zero attached hydrogens (tertiary/aromatic N) is 3. The molecule has 3 heterocycles. The smallest absolute Gasteiger partial charge is 0.269 e. The maximum Gasteiger partial charge on any atom is 0.269 e. The van der Waals surface area contributed by atoms with Crippen LogP contribution in [0, 0.1) is 10.1 Å². The molecule has 3 aliphatic heterocycles. The number of non-ortho nitro benzene ring substituents is 1. The van der Waals surface area contributed by atoms with Gasteiger partial charge in [0.2, 0.25) is 5.75 Å². The lowest BCUT2D eigenvalue weighted by Gasteiger charge is -2.37.